The molecule has 0 amide bonds. The molecule has 0 aromatic carbocycles. The summed E-state index contributed by atoms with van der Waals surface area (Å²) in [6, 6.07) is 0. The molecule has 0 saturated heterocycles. The molecule has 0 aliphatic carbocycles. The third-order valence-corrected chi connectivity index (χ3v) is 15.9. The van der Waals surface area contributed by atoms with Crippen LogP contribution in [0.25, 0.3) is 0 Å². The van der Waals surface area contributed by atoms with Gasteiger partial charge in [0.2, 0.25) is 0 Å². The van der Waals surface area contributed by atoms with Crippen LogP contribution in [-0.4, -0.2) is 70.0 Å². The van der Waals surface area contributed by atoms with E-state index in [9.17, 15) is 19.0 Å². The van der Waals surface area contributed by atoms with Crippen molar-refractivity contribution < 1.29 is 42.1 Å². The number of esters is 2. The van der Waals surface area contributed by atoms with Crippen molar-refractivity contribution in [3.63, 3.8) is 0 Å². The van der Waals surface area contributed by atoms with Crippen LogP contribution in [0.3, 0.4) is 0 Å². The molecule has 0 N–H and O–H groups in total. The number of allylic oxidation sites excluding steroid dienone is 14. The number of likely N-dealkylation sites (N-methyl/N-ethyl adjacent to an activating group) is 1. The van der Waals surface area contributed by atoms with Gasteiger partial charge in [0.25, 0.3) is 7.82 Å². The van der Waals surface area contributed by atoms with Gasteiger partial charge in [0.1, 0.15) is 19.8 Å². The summed E-state index contributed by atoms with van der Waals surface area (Å²) in [5.74, 6) is -0.830. The number of ether oxygens (including phenoxy) is 2. The van der Waals surface area contributed by atoms with Crippen LogP contribution in [0, 0.1) is 0 Å². The monoisotopic (exact) mass is 1170 g/mol. The first kappa shape index (κ1) is 79.2. The molecule has 0 saturated carbocycles. The molecule has 476 valence electrons. The van der Waals surface area contributed by atoms with Crippen LogP contribution < -0.4 is 4.89 Å². The van der Waals surface area contributed by atoms with Crippen LogP contribution in [0.2, 0.25) is 0 Å². The van der Waals surface area contributed by atoms with Crippen LogP contribution in [0.5, 0.6) is 0 Å². The molecule has 0 heterocycles. The van der Waals surface area contributed by atoms with Gasteiger partial charge in [0.05, 0.1) is 27.7 Å². The maximum Gasteiger partial charge on any atom is 0.306 e. The second-order valence-electron chi connectivity index (χ2n) is 24.2. The zero-order valence-electron chi connectivity index (χ0n) is 54.2. The van der Waals surface area contributed by atoms with Crippen molar-refractivity contribution in [1.29, 1.82) is 0 Å². The fraction of sp³-hybridized carbons (Fsp3) is 0.778. The average molecular weight is 1170 g/mol. The van der Waals surface area contributed by atoms with Crippen molar-refractivity contribution in [2.45, 2.75) is 315 Å². The van der Waals surface area contributed by atoms with E-state index in [1.54, 1.807) is 0 Å². The van der Waals surface area contributed by atoms with Crippen molar-refractivity contribution in [2.24, 2.45) is 0 Å². The highest BCUT2D eigenvalue weighted by Crippen LogP contribution is 2.38. The van der Waals surface area contributed by atoms with Crippen LogP contribution in [-0.2, 0) is 32.7 Å². The molecule has 9 nitrogen and oxygen atoms in total. The molecule has 0 fully saturated rings. The summed E-state index contributed by atoms with van der Waals surface area (Å²) in [7, 11) is 1.17. The van der Waals surface area contributed by atoms with Gasteiger partial charge in [-0.25, -0.2) is 0 Å². The van der Waals surface area contributed by atoms with Crippen molar-refractivity contribution in [3.05, 3.63) is 85.1 Å². The first-order valence-electron chi connectivity index (χ1n) is 34.3. The number of hydrogen-bond acceptors (Lipinski definition) is 8. The average Bonchev–Trinajstić information content (AvgIpc) is 3.45. The lowest BCUT2D eigenvalue weighted by Crippen LogP contribution is -2.37. The highest BCUT2D eigenvalue weighted by Gasteiger charge is 2.22. The Hall–Kier alpha value is -2.81. The van der Waals surface area contributed by atoms with Crippen LogP contribution in [0.4, 0.5) is 0 Å². The Morgan fingerprint density at radius 2 is 0.695 bits per heavy atom. The van der Waals surface area contributed by atoms with Gasteiger partial charge >= 0.3 is 11.9 Å². The van der Waals surface area contributed by atoms with E-state index in [0.717, 1.165) is 83.5 Å². The Morgan fingerprint density at radius 3 is 1.05 bits per heavy atom. The Kier molecular flexibility index (Phi) is 60.6. The van der Waals surface area contributed by atoms with Gasteiger partial charge in [0, 0.05) is 12.8 Å². The summed E-state index contributed by atoms with van der Waals surface area (Å²) in [6.45, 7) is 4.16. The SMILES string of the molecule is CC/C=C\C/C=C\C/C=C\C/C=C\C/C=C\C/C=C\CCCCCCCCCCCCC(=O)OC(COC(=O)CCCCCCCCCCCCCCCCCCC/C=C\CCCCCCCCCC)COP(=O)([O-])OCC[N+](C)(C)C. The van der Waals surface area contributed by atoms with E-state index in [4.69, 9.17) is 18.5 Å². The van der Waals surface area contributed by atoms with E-state index < -0.39 is 26.5 Å². The molecule has 10 heteroatoms. The number of rotatable bonds is 63. The van der Waals surface area contributed by atoms with Gasteiger partial charge < -0.3 is 27.9 Å². The number of carbonyl (C=O) groups is 2. The minimum absolute atomic E-state index is 0.0338. The summed E-state index contributed by atoms with van der Waals surface area (Å²) in [5.41, 5.74) is 0. The second kappa shape index (κ2) is 62.7. The van der Waals surface area contributed by atoms with Gasteiger partial charge in [-0.05, 0) is 89.9 Å². The standard InChI is InChI=1S/C72H130NO8P/c1-6-8-10-12-14-16-18-20-22-24-26-28-30-32-34-36-38-40-42-44-46-48-50-52-54-56-58-60-62-64-71(74)78-68-70(69-80-82(76,77)79-67-66-73(3,4)5)81-72(75)65-63-61-59-57-55-53-51-49-47-45-43-41-39-37-35-33-31-29-27-25-23-21-19-17-15-13-11-9-7-2/h9,11,15,17,21,23-24,26-27,29,33,35,39,41,70H,6-8,10,12-14,16,18-20,22,25,28,30-32,34,36-38,40,42-69H2,1-5H3/b11-9-,17-15-,23-21-,26-24-,29-27-,35-33-,41-39-. The Morgan fingerprint density at radius 1 is 0.390 bits per heavy atom. The predicted molar refractivity (Wildman–Crippen MR) is 351 cm³/mol. The van der Waals surface area contributed by atoms with Gasteiger partial charge in [-0.2, -0.15) is 0 Å². The van der Waals surface area contributed by atoms with Gasteiger partial charge in [-0.3, -0.25) is 14.2 Å². The fourth-order valence-electron chi connectivity index (χ4n) is 9.66. The highest BCUT2D eigenvalue weighted by molar-refractivity contribution is 7.45. The highest BCUT2D eigenvalue weighted by atomic mass is 31.2. The van der Waals surface area contributed by atoms with Crippen molar-refractivity contribution >= 4 is 19.8 Å². The molecule has 0 aromatic rings. The smallest absolute Gasteiger partial charge is 0.306 e. The number of quaternary nitrogens is 1. The summed E-state index contributed by atoms with van der Waals surface area (Å²) in [6.07, 6.45) is 85.1. The normalized spacial score (nSPS) is 13.7. The number of hydrogen-bond donors (Lipinski definition) is 0. The minimum atomic E-state index is -4.65. The topological polar surface area (TPSA) is 111 Å². The molecule has 0 aliphatic heterocycles. The molecular weight excluding hydrogens is 1040 g/mol. The maximum absolute atomic E-state index is 12.9. The summed E-state index contributed by atoms with van der Waals surface area (Å²) >= 11 is 0. The summed E-state index contributed by atoms with van der Waals surface area (Å²) in [5, 5.41) is 0. The number of phosphoric ester groups is 1. The summed E-state index contributed by atoms with van der Waals surface area (Å²) < 4.78 is 34.3. The minimum Gasteiger partial charge on any atom is -0.756 e. The van der Waals surface area contributed by atoms with E-state index in [1.165, 1.54) is 193 Å². The maximum atomic E-state index is 12.9. The molecule has 2 atom stereocenters. The second-order valence-corrected chi connectivity index (χ2v) is 25.6. The largest absolute Gasteiger partial charge is 0.756 e. The van der Waals surface area contributed by atoms with Gasteiger partial charge in [-0.1, -0.05) is 292 Å². The lowest BCUT2D eigenvalue weighted by Gasteiger charge is -2.28. The van der Waals surface area contributed by atoms with Crippen LogP contribution in [0.15, 0.2) is 85.1 Å². The summed E-state index contributed by atoms with van der Waals surface area (Å²) in [4.78, 5) is 38.1. The Labute approximate surface area is 507 Å². The van der Waals surface area contributed by atoms with Crippen molar-refractivity contribution in [2.75, 3.05) is 47.5 Å². The fourth-order valence-corrected chi connectivity index (χ4v) is 10.4. The lowest BCUT2D eigenvalue weighted by atomic mass is 10.0. The number of nitrogens with zero attached hydrogens (tertiary/aromatic N) is 1. The van der Waals surface area contributed by atoms with E-state index >= 15 is 0 Å². The zero-order chi connectivity index (χ0) is 59.8. The first-order valence-corrected chi connectivity index (χ1v) is 35.8. The molecule has 0 rings (SSSR count). The molecule has 2 unspecified atom stereocenters. The molecule has 0 bridgehead atoms. The lowest BCUT2D eigenvalue weighted by molar-refractivity contribution is -0.870. The van der Waals surface area contributed by atoms with Crippen LogP contribution in [0.1, 0.15) is 309 Å². The van der Waals surface area contributed by atoms with Crippen molar-refractivity contribution in [1.82, 2.24) is 0 Å². The third-order valence-electron chi connectivity index (χ3n) is 14.9. The molecule has 0 aliphatic rings. The van der Waals surface area contributed by atoms with Crippen molar-refractivity contribution in [3.8, 4) is 0 Å². The van der Waals surface area contributed by atoms with Gasteiger partial charge in [0.15, 0.2) is 6.10 Å². The third kappa shape index (κ3) is 66.3. The van der Waals surface area contributed by atoms with E-state index in [1.807, 2.05) is 21.1 Å². The number of unbranched alkanes of at least 4 members (excludes halogenated alkanes) is 35. The molecule has 0 radical (unpaired) electrons. The van der Waals surface area contributed by atoms with E-state index in [0.29, 0.717) is 17.4 Å². The van der Waals surface area contributed by atoms with Crippen LogP contribution >= 0.6 is 7.82 Å². The predicted octanol–water partition coefficient (Wildman–Crippen LogP) is 21.5. The molecule has 0 spiro atoms. The molecule has 0 aromatic heterocycles. The number of phosphoric acid groups is 1. The number of carbonyl (C=O) groups excluding carboxylic acids is 2. The first-order chi connectivity index (χ1) is 40.0. The van der Waals surface area contributed by atoms with E-state index in [2.05, 4.69) is 98.9 Å². The van der Waals surface area contributed by atoms with Gasteiger partial charge in [-0.15, -0.1) is 0 Å². The Balaban J connectivity index is 4.07. The van der Waals surface area contributed by atoms with E-state index in [-0.39, 0.29) is 32.0 Å². The Bertz CT molecular complexity index is 1660. The molecule has 82 heavy (non-hydrogen) atoms. The molecular formula is C72H130NO8P. The quantitative estimate of drug-likeness (QED) is 0.0195. The zero-order valence-corrected chi connectivity index (χ0v) is 55.1.